The fourth-order valence-electron chi connectivity index (χ4n) is 2.73. The van der Waals surface area contributed by atoms with Gasteiger partial charge in [-0.15, -0.1) is 0 Å². The molecule has 0 radical (unpaired) electrons. The Morgan fingerprint density at radius 2 is 1.84 bits per heavy atom. The maximum Gasteiger partial charge on any atom is 0.240 e. The first-order chi connectivity index (χ1) is 9.03. The van der Waals surface area contributed by atoms with E-state index in [1.54, 1.807) is 24.3 Å². The van der Waals surface area contributed by atoms with Gasteiger partial charge in [-0.2, -0.15) is 0 Å². The molecule has 19 heavy (non-hydrogen) atoms. The Hall–Kier alpha value is -0.390. The van der Waals surface area contributed by atoms with E-state index in [9.17, 15) is 8.42 Å². The van der Waals surface area contributed by atoms with Crippen molar-refractivity contribution < 1.29 is 8.42 Å². The van der Waals surface area contributed by atoms with Gasteiger partial charge in [0.1, 0.15) is 0 Å². The third kappa shape index (κ3) is 3.80. The van der Waals surface area contributed by atoms with Crippen LogP contribution in [0.25, 0.3) is 0 Å². The van der Waals surface area contributed by atoms with Crippen molar-refractivity contribution in [3.63, 3.8) is 0 Å². The van der Waals surface area contributed by atoms with Crippen molar-refractivity contribution in [2.45, 2.75) is 50.0 Å². The van der Waals surface area contributed by atoms with Crippen molar-refractivity contribution in [2.75, 3.05) is 0 Å². The van der Waals surface area contributed by atoms with E-state index in [1.165, 1.54) is 6.42 Å². The van der Waals surface area contributed by atoms with Gasteiger partial charge in [-0.25, -0.2) is 13.1 Å². The summed E-state index contributed by atoms with van der Waals surface area (Å²) in [6.07, 6.45) is 5.45. The Morgan fingerprint density at radius 1 is 1.21 bits per heavy atom. The first-order valence-electron chi connectivity index (χ1n) is 6.81. The highest BCUT2D eigenvalue weighted by molar-refractivity contribution is 9.10. The van der Waals surface area contributed by atoms with Crippen LogP contribution >= 0.6 is 15.9 Å². The summed E-state index contributed by atoms with van der Waals surface area (Å²) in [7, 11) is -3.39. The maximum absolute atomic E-state index is 12.3. The third-order valence-electron chi connectivity index (χ3n) is 3.86. The largest absolute Gasteiger partial charge is 0.240 e. The number of rotatable bonds is 4. The number of hydrogen-bond acceptors (Lipinski definition) is 2. The molecule has 1 saturated carbocycles. The number of hydrogen-bond donors (Lipinski definition) is 1. The normalized spacial score (nSPS) is 24.3. The van der Waals surface area contributed by atoms with Gasteiger partial charge in [-0.1, -0.05) is 42.1 Å². The van der Waals surface area contributed by atoms with Gasteiger partial charge in [0.15, 0.2) is 0 Å². The molecule has 0 aromatic heterocycles. The molecule has 106 valence electrons. The summed E-state index contributed by atoms with van der Waals surface area (Å²) in [5, 5.41) is 0. The Kier molecular flexibility index (Phi) is 5.03. The standard InChI is InChI=1S/C14H20BrNO2S/c1-2-11-5-3-4-6-14(11)16-19(17,18)13-9-7-12(15)8-10-13/h7-11,14,16H,2-6H2,1H3. The fourth-order valence-corrected chi connectivity index (χ4v) is 4.34. The van der Waals surface area contributed by atoms with Crippen molar-refractivity contribution in [2.24, 2.45) is 5.92 Å². The molecule has 2 atom stereocenters. The lowest BCUT2D eigenvalue weighted by atomic mass is 9.83. The van der Waals surface area contributed by atoms with E-state index in [4.69, 9.17) is 0 Å². The molecule has 1 N–H and O–H groups in total. The van der Waals surface area contributed by atoms with Gasteiger partial charge in [-0.05, 0) is 43.0 Å². The van der Waals surface area contributed by atoms with Crippen molar-refractivity contribution in [1.82, 2.24) is 4.72 Å². The molecule has 1 aliphatic carbocycles. The van der Waals surface area contributed by atoms with Crippen LogP contribution in [0.3, 0.4) is 0 Å². The monoisotopic (exact) mass is 345 g/mol. The second kappa shape index (κ2) is 6.37. The Balaban J connectivity index is 2.14. The minimum atomic E-state index is -3.39. The quantitative estimate of drug-likeness (QED) is 0.904. The highest BCUT2D eigenvalue weighted by atomic mass is 79.9. The molecule has 0 heterocycles. The van der Waals surface area contributed by atoms with Gasteiger partial charge in [0.2, 0.25) is 10.0 Å². The van der Waals surface area contributed by atoms with E-state index < -0.39 is 10.0 Å². The minimum absolute atomic E-state index is 0.0902. The van der Waals surface area contributed by atoms with Gasteiger partial charge in [0.25, 0.3) is 0 Å². The molecule has 1 aromatic carbocycles. The summed E-state index contributed by atoms with van der Waals surface area (Å²) < 4.78 is 28.5. The van der Waals surface area contributed by atoms with Crippen molar-refractivity contribution in [3.05, 3.63) is 28.7 Å². The van der Waals surface area contributed by atoms with Crippen LogP contribution in [0.2, 0.25) is 0 Å². The second-order valence-corrected chi connectivity index (χ2v) is 7.76. The molecule has 1 fully saturated rings. The molecule has 0 aliphatic heterocycles. The van der Waals surface area contributed by atoms with Gasteiger partial charge >= 0.3 is 0 Å². The summed E-state index contributed by atoms with van der Waals surface area (Å²) in [6.45, 7) is 2.14. The summed E-state index contributed by atoms with van der Waals surface area (Å²) >= 11 is 3.32. The predicted molar refractivity (Wildman–Crippen MR) is 80.5 cm³/mol. The SMILES string of the molecule is CCC1CCCCC1NS(=O)(=O)c1ccc(Br)cc1. The Morgan fingerprint density at radius 3 is 2.47 bits per heavy atom. The summed E-state index contributed by atoms with van der Waals surface area (Å²) in [4.78, 5) is 0.344. The molecule has 0 bridgehead atoms. The number of nitrogens with one attached hydrogen (secondary N) is 1. The molecule has 0 spiro atoms. The van der Waals surface area contributed by atoms with Gasteiger partial charge in [0.05, 0.1) is 4.90 Å². The van der Waals surface area contributed by atoms with Crippen LogP contribution in [0.5, 0.6) is 0 Å². The molecule has 2 unspecified atom stereocenters. The van der Waals surface area contributed by atoms with Crippen LogP contribution in [-0.4, -0.2) is 14.5 Å². The Labute approximate surface area is 124 Å². The fraction of sp³-hybridized carbons (Fsp3) is 0.571. The van der Waals surface area contributed by atoms with Crippen molar-refractivity contribution in [3.8, 4) is 0 Å². The number of sulfonamides is 1. The second-order valence-electron chi connectivity index (χ2n) is 5.13. The lowest BCUT2D eigenvalue weighted by Gasteiger charge is -2.31. The highest BCUT2D eigenvalue weighted by Gasteiger charge is 2.28. The van der Waals surface area contributed by atoms with E-state index in [1.807, 2.05) is 0 Å². The van der Waals surface area contributed by atoms with E-state index in [0.29, 0.717) is 10.8 Å². The predicted octanol–water partition coefficient (Wildman–Crippen LogP) is 3.70. The zero-order chi connectivity index (χ0) is 13.9. The van der Waals surface area contributed by atoms with Gasteiger partial charge in [-0.3, -0.25) is 0 Å². The van der Waals surface area contributed by atoms with Crippen molar-refractivity contribution >= 4 is 26.0 Å². The first-order valence-corrected chi connectivity index (χ1v) is 9.08. The number of benzene rings is 1. The van der Waals surface area contributed by atoms with Crippen LogP contribution < -0.4 is 4.72 Å². The molecule has 1 aliphatic rings. The van der Waals surface area contributed by atoms with Crippen LogP contribution in [0, 0.1) is 5.92 Å². The molecular formula is C14H20BrNO2S. The van der Waals surface area contributed by atoms with Crippen LogP contribution in [0.4, 0.5) is 0 Å². The lowest BCUT2D eigenvalue weighted by Crippen LogP contribution is -2.41. The topological polar surface area (TPSA) is 46.2 Å². The third-order valence-corrected chi connectivity index (χ3v) is 5.90. The Bertz CT molecular complexity index is 513. The smallest absolute Gasteiger partial charge is 0.208 e. The molecule has 5 heteroatoms. The molecule has 3 nitrogen and oxygen atoms in total. The molecule has 0 saturated heterocycles. The number of halogens is 1. The van der Waals surface area contributed by atoms with E-state index >= 15 is 0 Å². The van der Waals surface area contributed by atoms with Gasteiger partial charge < -0.3 is 0 Å². The maximum atomic E-state index is 12.3. The lowest BCUT2D eigenvalue weighted by molar-refractivity contribution is 0.282. The van der Waals surface area contributed by atoms with Crippen LogP contribution in [0.15, 0.2) is 33.6 Å². The zero-order valence-electron chi connectivity index (χ0n) is 11.1. The van der Waals surface area contributed by atoms with E-state index in [0.717, 1.165) is 30.2 Å². The van der Waals surface area contributed by atoms with Crippen LogP contribution in [0.1, 0.15) is 39.0 Å². The summed E-state index contributed by atoms with van der Waals surface area (Å²) in [5.74, 6) is 0.471. The van der Waals surface area contributed by atoms with Crippen molar-refractivity contribution in [1.29, 1.82) is 0 Å². The average Bonchev–Trinajstić information content (AvgIpc) is 2.39. The summed E-state index contributed by atoms with van der Waals surface area (Å²) in [6, 6.07) is 6.87. The van der Waals surface area contributed by atoms with E-state index in [-0.39, 0.29) is 6.04 Å². The summed E-state index contributed by atoms with van der Waals surface area (Å²) in [5.41, 5.74) is 0. The van der Waals surface area contributed by atoms with Gasteiger partial charge in [0, 0.05) is 10.5 Å². The van der Waals surface area contributed by atoms with Crippen LogP contribution in [-0.2, 0) is 10.0 Å². The molecule has 0 amide bonds. The van der Waals surface area contributed by atoms with E-state index in [2.05, 4.69) is 27.6 Å². The average molecular weight is 346 g/mol. The zero-order valence-corrected chi connectivity index (χ0v) is 13.5. The highest BCUT2D eigenvalue weighted by Crippen LogP contribution is 2.28. The first kappa shape index (κ1) is 15.0. The molecular weight excluding hydrogens is 326 g/mol. The molecule has 2 rings (SSSR count). The minimum Gasteiger partial charge on any atom is -0.208 e. The molecule has 1 aromatic rings.